The van der Waals surface area contributed by atoms with Crippen molar-refractivity contribution in [3.8, 4) is 0 Å². The van der Waals surface area contributed by atoms with E-state index in [1.165, 1.54) is 6.92 Å². The van der Waals surface area contributed by atoms with Crippen LogP contribution in [-0.4, -0.2) is 49.1 Å². The van der Waals surface area contributed by atoms with Gasteiger partial charge in [-0.05, 0) is 6.92 Å². The summed E-state index contributed by atoms with van der Waals surface area (Å²) in [6.07, 6.45) is -1.68. The first kappa shape index (κ1) is 20.9. The van der Waals surface area contributed by atoms with E-state index in [9.17, 15) is 31.9 Å². The van der Waals surface area contributed by atoms with Gasteiger partial charge in [0.15, 0.2) is 6.10 Å². The first-order chi connectivity index (χ1) is 10.2. The number of hydrogen-bond acceptors (Lipinski definition) is 6. The Kier molecular flexibility index (Phi) is 7.20. The lowest BCUT2D eigenvalue weighted by Gasteiger charge is -2.20. The molecule has 6 nitrogen and oxygen atoms in total. The van der Waals surface area contributed by atoms with Crippen molar-refractivity contribution in [3.63, 3.8) is 0 Å². The van der Waals surface area contributed by atoms with Crippen molar-refractivity contribution in [2.45, 2.75) is 38.7 Å². The fraction of sp³-hybridized carbons (Fsp3) is 0.615. The largest absolute Gasteiger partial charge is 0.458 e. The number of halogens is 4. The van der Waals surface area contributed by atoms with Gasteiger partial charge in [-0.1, -0.05) is 6.58 Å². The van der Waals surface area contributed by atoms with Gasteiger partial charge in [0.25, 0.3) is 0 Å². The van der Waals surface area contributed by atoms with E-state index in [0.717, 1.165) is 0 Å². The van der Waals surface area contributed by atoms with Crippen LogP contribution in [0.4, 0.5) is 17.6 Å². The molecule has 0 fully saturated rings. The number of esters is 3. The first-order valence-electron chi connectivity index (χ1n) is 6.21. The van der Waals surface area contributed by atoms with E-state index in [0.29, 0.717) is 0 Å². The highest BCUT2D eigenvalue weighted by Gasteiger charge is 2.38. The normalized spacial score (nSPS) is 13.0. The van der Waals surface area contributed by atoms with Gasteiger partial charge >= 0.3 is 29.8 Å². The molecule has 0 aromatic heterocycles. The predicted octanol–water partition coefficient (Wildman–Crippen LogP) is 1.87. The van der Waals surface area contributed by atoms with Crippen LogP contribution in [0.15, 0.2) is 12.2 Å². The lowest BCUT2D eigenvalue weighted by molar-refractivity contribution is -0.188. The predicted molar refractivity (Wildman–Crippen MR) is 67.9 cm³/mol. The summed E-state index contributed by atoms with van der Waals surface area (Å²) in [7, 11) is 0. The zero-order chi connectivity index (χ0) is 18.4. The van der Waals surface area contributed by atoms with E-state index < -0.39 is 49.1 Å². The molecule has 0 aliphatic carbocycles. The third-order valence-electron chi connectivity index (χ3n) is 2.14. The van der Waals surface area contributed by atoms with E-state index in [1.807, 2.05) is 0 Å². The third-order valence-corrected chi connectivity index (χ3v) is 2.14. The number of alkyl halides is 4. The van der Waals surface area contributed by atoms with Crippen molar-refractivity contribution < 1.29 is 46.2 Å². The van der Waals surface area contributed by atoms with Gasteiger partial charge in [-0.3, -0.25) is 0 Å². The second-order valence-corrected chi connectivity index (χ2v) is 4.78. The average Bonchev–Trinajstić information content (AvgIpc) is 2.38. The Labute approximate surface area is 129 Å². The van der Waals surface area contributed by atoms with Crippen LogP contribution in [0.25, 0.3) is 0 Å². The van der Waals surface area contributed by atoms with Gasteiger partial charge in [-0.2, -0.15) is 17.6 Å². The number of ether oxygens (including phenoxy) is 3. The summed E-state index contributed by atoms with van der Waals surface area (Å²) in [6.45, 7) is 3.28. The summed E-state index contributed by atoms with van der Waals surface area (Å²) in [5, 5.41) is 0. The van der Waals surface area contributed by atoms with Gasteiger partial charge in [0.1, 0.15) is 13.2 Å². The van der Waals surface area contributed by atoms with E-state index in [-0.39, 0.29) is 19.4 Å². The van der Waals surface area contributed by atoms with E-state index in [2.05, 4.69) is 20.8 Å². The first-order valence-corrected chi connectivity index (χ1v) is 6.21. The fourth-order valence-corrected chi connectivity index (χ4v) is 0.958. The molecule has 0 spiro atoms. The third kappa shape index (κ3) is 8.17. The molecule has 0 bridgehead atoms. The van der Waals surface area contributed by atoms with Gasteiger partial charge in [0.05, 0.1) is 0 Å². The maximum absolute atomic E-state index is 12.8. The zero-order valence-corrected chi connectivity index (χ0v) is 12.7. The average molecular weight is 344 g/mol. The Balaban J connectivity index is 4.80. The highest BCUT2D eigenvalue weighted by atomic mass is 19.3. The highest BCUT2D eigenvalue weighted by molar-refractivity contribution is 5.87. The minimum absolute atomic E-state index is 0.0343. The van der Waals surface area contributed by atoms with Crippen LogP contribution < -0.4 is 0 Å². The Morgan fingerprint density at radius 2 is 1.39 bits per heavy atom. The minimum atomic E-state index is -3.87. The molecule has 0 radical (unpaired) electrons. The number of carbonyl (C=O) groups is 3. The van der Waals surface area contributed by atoms with Gasteiger partial charge in [-0.15, -0.1) is 0 Å². The van der Waals surface area contributed by atoms with E-state index >= 15 is 0 Å². The Hall–Kier alpha value is -2.13. The second-order valence-electron chi connectivity index (χ2n) is 4.78. The maximum Gasteiger partial charge on any atom is 0.377 e. The summed E-state index contributed by atoms with van der Waals surface area (Å²) in [6, 6.07) is 0. The molecule has 0 aromatic carbocycles. The van der Waals surface area contributed by atoms with Crippen LogP contribution in [0, 0.1) is 0 Å². The number of rotatable bonds is 8. The molecule has 10 heteroatoms. The van der Waals surface area contributed by atoms with Gasteiger partial charge in [-0.25, -0.2) is 14.4 Å². The summed E-state index contributed by atoms with van der Waals surface area (Å²) in [5.74, 6) is -12.6. The molecule has 0 amide bonds. The molecule has 132 valence electrons. The molecule has 0 saturated heterocycles. The molecule has 0 rings (SSSR count). The second kappa shape index (κ2) is 7.93. The zero-order valence-electron chi connectivity index (χ0n) is 12.7. The standard InChI is InChI=1S/C13H16F4O6/c1-7(2)9(18)21-5-8(23-11(20)13(4,16)17)6-22-10(19)12(3,14)15/h8H,1,5-6H2,2-4H3. The monoisotopic (exact) mass is 344 g/mol. The Bertz CT molecular complexity index is 478. The molecular weight excluding hydrogens is 328 g/mol. The molecule has 0 N–H and O–H groups in total. The van der Waals surface area contributed by atoms with Crippen molar-refractivity contribution >= 4 is 17.9 Å². The van der Waals surface area contributed by atoms with Crippen LogP contribution in [-0.2, 0) is 28.6 Å². The minimum Gasteiger partial charge on any atom is -0.458 e. The van der Waals surface area contributed by atoms with Gasteiger partial charge in [0.2, 0.25) is 0 Å². The molecule has 23 heavy (non-hydrogen) atoms. The van der Waals surface area contributed by atoms with Crippen molar-refractivity contribution in [2.75, 3.05) is 13.2 Å². The quantitative estimate of drug-likeness (QED) is 0.289. The maximum atomic E-state index is 12.8. The topological polar surface area (TPSA) is 78.9 Å². The summed E-state index contributed by atoms with van der Waals surface area (Å²) < 4.78 is 63.8. The molecule has 0 aromatic rings. The van der Waals surface area contributed by atoms with Crippen LogP contribution in [0.5, 0.6) is 0 Å². The van der Waals surface area contributed by atoms with E-state index in [1.54, 1.807) is 0 Å². The van der Waals surface area contributed by atoms with Crippen LogP contribution in [0.3, 0.4) is 0 Å². The summed E-state index contributed by atoms with van der Waals surface area (Å²) in [4.78, 5) is 33.2. The summed E-state index contributed by atoms with van der Waals surface area (Å²) in [5.41, 5.74) is -0.0343. The SMILES string of the molecule is C=C(C)C(=O)OCC(COC(=O)C(C)(F)F)OC(=O)C(C)(F)F. The van der Waals surface area contributed by atoms with Crippen LogP contribution >= 0.6 is 0 Å². The van der Waals surface area contributed by atoms with E-state index in [4.69, 9.17) is 0 Å². The lowest BCUT2D eigenvalue weighted by atomic mass is 10.3. The molecule has 0 saturated carbocycles. The van der Waals surface area contributed by atoms with Crippen LogP contribution in [0.2, 0.25) is 0 Å². The van der Waals surface area contributed by atoms with Crippen molar-refractivity contribution in [1.29, 1.82) is 0 Å². The molecule has 1 atom stereocenters. The number of hydrogen-bond donors (Lipinski definition) is 0. The molecule has 0 aliphatic rings. The van der Waals surface area contributed by atoms with Gasteiger partial charge in [0, 0.05) is 19.4 Å². The lowest BCUT2D eigenvalue weighted by Crippen LogP contribution is -2.38. The van der Waals surface area contributed by atoms with Gasteiger partial charge < -0.3 is 14.2 Å². The van der Waals surface area contributed by atoms with Crippen LogP contribution in [0.1, 0.15) is 20.8 Å². The van der Waals surface area contributed by atoms with Crippen molar-refractivity contribution in [3.05, 3.63) is 12.2 Å². The smallest absolute Gasteiger partial charge is 0.377 e. The summed E-state index contributed by atoms with van der Waals surface area (Å²) >= 11 is 0. The fourth-order valence-electron chi connectivity index (χ4n) is 0.958. The highest BCUT2D eigenvalue weighted by Crippen LogP contribution is 2.17. The Morgan fingerprint density at radius 1 is 0.957 bits per heavy atom. The molecule has 0 heterocycles. The van der Waals surface area contributed by atoms with Crippen molar-refractivity contribution in [1.82, 2.24) is 0 Å². The molecule has 0 aliphatic heterocycles. The molecular formula is C13H16F4O6. The Morgan fingerprint density at radius 3 is 1.78 bits per heavy atom. The van der Waals surface area contributed by atoms with Crippen molar-refractivity contribution in [2.24, 2.45) is 0 Å². The molecule has 1 unspecified atom stereocenters. The number of carbonyl (C=O) groups excluding carboxylic acids is 3.